The van der Waals surface area contributed by atoms with E-state index in [4.69, 9.17) is 10.3 Å². The van der Waals surface area contributed by atoms with Gasteiger partial charge in [-0.3, -0.25) is 0 Å². The Labute approximate surface area is 115 Å². The Morgan fingerprint density at radius 2 is 1.89 bits per heavy atom. The number of nitrogens with two attached hydrogens (primary N) is 1. The second kappa shape index (κ2) is 4.55. The van der Waals surface area contributed by atoms with Crippen molar-refractivity contribution in [3.8, 4) is 21.7 Å². The average molecular weight is 270 g/mol. The lowest BCUT2D eigenvalue weighted by atomic mass is 10.00. The van der Waals surface area contributed by atoms with Gasteiger partial charge in [-0.25, -0.2) is 0 Å². The van der Waals surface area contributed by atoms with E-state index in [9.17, 15) is 0 Å². The van der Waals surface area contributed by atoms with E-state index in [2.05, 4.69) is 37.2 Å². The molecule has 3 rings (SSSR count). The van der Waals surface area contributed by atoms with Crippen LogP contribution in [-0.4, -0.2) is 5.16 Å². The second-order valence-electron chi connectivity index (χ2n) is 4.50. The molecule has 2 heterocycles. The van der Waals surface area contributed by atoms with Crippen LogP contribution in [0.2, 0.25) is 0 Å². The first kappa shape index (κ1) is 12.0. The van der Waals surface area contributed by atoms with Crippen LogP contribution in [-0.2, 0) is 0 Å². The van der Waals surface area contributed by atoms with Crippen molar-refractivity contribution in [2.75, 3.05) is 5.73 Å². The molecule has 1 aromatic carbocycles. The largest absolute Gasteiger partial charge is 0.367 e. The molecule has 0 aliphatic rings. The lowest BCUT2D eigenvalue weighted by Gasteiger charge is -2.04. The molecule has 0 radical (unpaired) electrons. The smallest absolute Gasteiger partial charge is 0.230 e. The lowest BCUT2D eigenvalue weighted by Crippen LogP contribution is -1.89. The molecule has 3 aromatic rings. The third kappa shape index (κ3) is 2.04. The van der Waals surface area contributed by atoms with Crippen molar-refractivity contribution in [3.63, 3.8) is 0 Å². The highest BCUT2D eigenvalue weighted by Gasteiger charge is 2.19. The van der Waals surface area contributed by atoms with Crippen molar-refractivity contribution in [3.05, 3.63) is 46.8 Å². The van der Waals surface area contributed by atoms with Crippen LogP contribution < -0.4 is 5.73 Å². The molecule has 0 bridgehead atoms. The molecule has 0 aliphatic heterocycles. The van der Waals surface area contributed by atoms with E-state index in [1.54, 1.807) is 11.3 Å². The molecule has 19 heavy (non-hydrogen) atoms. The molecule has 0 atom stereocenters. The number of aryl methyl sites for hydroxylation is 2. The second-order valence-corrected chi connectivity index (χ2v) is 5.78. The van der Waals surface area contributed by atoms with E-state index in [1.807, 2.05) is 18.2 Å². The number of thiophene rings is 1. The van der Waals surface area contributed by atoms with Gasteiger partial charge in [0.2, 0.25) is 5.88 Å². The number of hydrogen-bond acceptors (Lipinski definition) is 4. The minimum absolute atomic E-state index is 0.371. The number of anilines is 1. The highest BCUT2D eigenvalue weighted by molar-refractivity contribution is 7.15. The van der Waals surface area contributed by atoms with Crippen LogP contribution in [0.4, 0.5) is 5.88 Å². The number of hydrogen-bond donors (Lipinski definition) is 1. The molecule has 0 aliphatic carbocycles. The van der Waals surface area contributed by atoms with Crippen LogP contribution in [0.25, 0.3) is 21.7 Å². The van der Waals surface area contributed by atoms with Gasteiger partial charge in [0.25, 0.3) is 0 Å². The normalized spacial score (nSPS) is 10.8. The Balaban J connectivity index is 2.22. The molecule has 4 heteroatoms. The minimum atomic E-state index is 0.371. The highest BCUT2D eigenvalue weighted by atomic mass is 32.1. The summed E-state index contributed by atoms with van der Waals surface area (Å²) in [5.74, 6) is 0.371. The number of aromatic nitrogens is 1. The minimum Gasteiger partial charge on any atom is -0.367 e. The zero-order valence-electron chi connectivity index (χ0n) is 10.8. The summed E-state index contributed by atoms with van der Waals surface area (Å²) in [7, 11) is 0. The maximum atomic E-state index is 5.96. The van der Waals surface area contributed by atoms with Crippen molar-refractivity contribution >= 4 is 17.2 Å². The first-order valence-electron chi connectivity index (χ1n) is 6.05. The van der Waals surface area contributed by atoms with Crippen molar-refractivity contribution in [1.29, 1.82) is 0 Å². The van der Waals surface area contributed by atoms with Gasteiger partial charge in [-0.1, -0.05) is 29.4 Å². The van der Waals surface area contributed by atoms with Crippen LogP contribution in [0.3, 0.4) is 0 Å². The van der Waals surface area contributed by atoms with Crippen LogP contribution in [0, 0.1) is 13.8 Å². The monoisotopic (exact) mass is 270 g/mol. The van der Waals surface area contributed by atoms with Gasteiger partial charge in [0.15, 0.2) is 0 Å². The van der Waals surface area contributed by atoms with Gasteiger partial charge in [-0.15, -0.1) is 11.3 Å². The number of nitrogen functional groups attached to an aromatic ring is 1. The van der Waals surface area contributed by atoms with Gasteiger partial charge in [0.1, 0.15) is 5.69 Å². The quantitative estimate of drug-likeness (QED) is 0.756. The number of benzene rings is 1. The van der Waals surface area contributed by atoms with Gasteiger partial charge >= 0.3 is 0 Å². The SMILES string of the molecule is Cc1ccc(-c2noc(N)c2-c2ccccc2C)s1. The molecule has 2 aromatic heterocycles. The Hall–Kier alpha value is -2.07. The highest BCUT2D eigenvalue weighted by Crippen LogP contribution is 2.39. The van der Waals surface area contributed by atoms with Crippen molar-refractivity contribution in [2.45, 2.75) is 13.8 Å². The summed E-state index contributed by atoms with van der Waals surface area (Å²) >= 11 is 1.69. The Bertz CT molecular complexity index is 727. The van der Waals surface area contributed by atoms with E-state index in [1.165, 1.54) is 4.88 Å². The molecule has 0 saturated heterocycles. The molecule has 0 unspecified atom stereocenters. The van der Waals surface area contributed by atoms with Crippen molar-refractivity contribution < 1.29 is 4.52 Å². The lowest BCUT2D eigenvalue weighted by molar-refractivity contribution is 0.439. The topological polar surface area (TPSA) is 52.0 Å². The van der Waals surface area contributed by atoms with E-state index in [-0.39, 0.29) is 0 Å². The number of nitrogens with zero attached hydrogens (tertiary/aromatic N) is 1. The first-order chi connectivity index (χ1) is 9.16. The molecule has 0 saturated carbocycles. The third-order valence-corrected chi connectivity index (χ3v) is 4.11. The average Bonchev–Trinajstić information content (AvgIpc) is 2.96. The fraction of sp³-hybridized carbons (Fsp3) is 0.133. The Morgan fingerprint density at radius 1 is 1.11 bits per heavy atom. The first-order valence-corrected chi connectivity index (χ1v) is 6.86. The summed E-state index contributed by atoms with van der Waals surface area (Å²) in [6.45, 7) is 4.14. The van der Waals surface area contributed by atoms with Gasteiger partial charge in [-0.2, -0.15) is 0 Å². The van der Waals surface area contributed by atoms with Crippen LogP contribution in [0.15, 0.2) is 40.9 Å². The summed E-state index contributed by atoms with van der Waals surface area (Å²) in [4.78, 5) is 2.32. The predicted octanol–water partition coefficient (Wildman–Crippen LogP) is 4.27. The van der Waals surface area contributed by atoms with E-state index in [0.29, 0.717) is 5.88 Å². The van der Waals surface area contributed by atoms with Crippen LogP contribution >= 0.6 is 11.3 Å². The fourth-order valence-corrected chi connectivity index (χ4v) is 3.00. The van der Waals surface area contributed by atoms with E-state index in [0.717, 1.165) is 27.3 Å². The zero-order chi connectivity index (χ0) is 13.4. The van der Waals surface area contributed by atoms with Gasteiger partial charge in [0.05, 0.1) is 10.4 Å². The van der Waals surface area contributed by atoms with Gasteiger partial charge < -0.3 is 10.3 Å². The standard InChI is InChI=1S/C15H14N2OS/c1-9-5-3-4-6-11(9)13-14(17-18-15(13)16)12-8-7-10(2)19-12/h3-8H,16H2,1-2H3. The molecule has 0 amide bonds. The fourth-order valence-electron chi connectivity index (χ4n) is 2.15. The van der Waals surface area contributed by atoms with Gasteiger partial charge in [-0.05, 0) is 37.1 Å². The predicted molar refractivity (Wildman–Crippen MR) is 79.1 cm³/mol. The maximum absolute atomic E-state index is 5.96. The molecule has 3 nitrogen and oxygen atoms in total. The van der Waals surface area contributed by atoms with E-state index >= 15 is 0 Å². The van der Waals surface area contributed by atoms with Crippen LogP contribution in [0.1, 0.15) is 10.4 Å². The Morgan fingerprint density at radius 3 is 2.58 bits per heavy atom. The molecule has 0 fully saturated rings. The third-order valence-electron chi connectivity index (χ3n) is 3.11. The Kier molecular flexibility index (Phi) is 2.87. The van der Waals surface area contributed by atoms with Crippen molar-refractivity contribution in [1.82, 2.24) is 5.16 Å². The summed E-state index contributed by atoms with van der Waals surface area (Å²) < 4.78 is 5.20. The van der Waals surface area contributed by atoms with Crippen LogP contribution in [0.5, 0.6) is 0 Å². The summed E-state index contributed by atoms with van der Waals surface area (Å²) in [5, 5.41) is 4.13. The van der Waals surface area contributed by atoms with Crippen molar-refractivity contribution in [2.24, 2.45) is 0 Å². The molecule has 0 spiro atoms. The van der Waals surface area contributed by atoms with E-state index < -0.39 is 0 Å². The molecular weight excluding hydrogens is 256 g/mol. The zero-order valence-corrected chi connectivity index (χ0v) is 11.6. The van der Waals surface area contributed by atoms with Gasteiger partial charge in [0, 0.05) is 4.88 Å². The summed E-state index contributed by atoms with van der Waals surface area (Å²) in [6.07, 6.45) is 0. The number of rotatable bonds is 2. The molecule has 96 valence electrons. The molecule has 2 N–H and O–H groups in total. The summed E-state index contributed by atoms with van der Waals surface area (Å²) in [6, 6.07) is 12.2. The maximum Gasteiger partial charge on any atom is 0.230 e. The summed E-state index contributed by atoms with van der Waals surface area (Å²) in [5.41, 5.74) is 9.91. The molecular formula is C15H14N2OS.